The number of benzene rings is 1. The number of anilines is 2. The Morgan fingerprint density at radius 2 is 2.07 bits per heavy atom. The van der Waals surface area contributed by atoms with Crippen molar-refractivity contribution in [2.24, 2.45) is 16.6 Å². The smallest absolute Gasteiger partial charge is 0.164 e. The van der Waals surface area contributed by atoms with Gasteiger partial charge in [0.2, 0.25) is 0 Å². The molecule has 1 aromatic carbocycles. The first-order valence-electron chi connectivity index (χ1n) is 8.91. The minimum absolute atomic E-state index is 0.131. The summed E-state index contributed by atoms with van der Waals surface area (Å²) in [6.45, 7) is 0.706. The fourth-order valence-corrected chi connectivity index (χ4v) is 4.45. The van der Waals surface area contributed by atoms with E-state index >= 15 is 0 Å². The molecule has 0 saturated carbocycles. The fraction of sp³-hybridized carbons (Fsp3) is 0.263. The molecule has 3 N–H and O–H groups in total. The van der Waals surface area contributed by atoms with Crippen molar-refractivity contribution in [2.75, 3.05) is 17.7 Å². The van der Waals surface area contributed by atoms with Crippen LogP contribution in [-0.2, 0) is 5.54 Å². The highest BCUT2D eigenvalue weighted by molar-refractivity contribution is 8.13. The predicted octanol–water partition coefficient (Wildman–Crippen LogP) is 4.56. The van der Waals surface area contributed by atoms with E-state index in [4.69, 9.17) is 17.3 Å². The molecule has 0 radical (unpaired) electrons. The number of nitrogens with one attached hydrogen (secondary N) is 1. The summed E-state index contributed by atoms with van der Waals surface area (Å²) in [5.41, 5.74) is 4.98. The van der Waals surface area contributed by atoms with E-state index < -0.39 is 29.8 Å². The number of hydrogen-bond donors (Lipinski definition) is 2. The molecule has 11 heteroatoms. The van der Waals surface area contributed by atoms with Crippen molar-refractivity contribution in [3.05, 3.63) is 52.9 Å². The highest BCUT2D eigenvalue weighted by Gasteiger charge is 2.44. The molecule has 2 atom stereocenters. The van der Waals surface area contributed by atoms with E-state index in [1.165, 1.54) is 30.4 Å². The summed E-state index contributed by atoms with van der Waals surface area (Å²) in [7, 11) is 0. The summed E-state index contributed by atoms with van der Waals surface area (Å²) in [5.74, 6) is -2.02. The molecule has 1 aliphatic heterocycles. The predicted molar refractivity (Wildman–Crippen MR) is 113 cm³/mol. The summed E-state index contributed by atoms with van der Waals surface area (Å²) in [6, 6.07) is 3.89. The SMILES string of the molecule is C[C@H]1CSC(N)=N[C@]1(CF)c1cc(Nc2ncnc3cc(Cl)cnc23)cc(F)c1F. The zero-order valence-corrected chi connectivity index (χ0v) is 17.2. The van der Waals surface area contributed by atoms with E-state index in [0.29, 0.717) is 21.8 Å². The van der Waals surface area contributed by atoms with Crippen molar-refractivity contribution in [1.82, 2.24) is 15.0 Å². The van der Waals surface area contributed by atoms with Crippen LogP contribution in [0.1, 0.15) is 12.5 Å². The van der Waals surface area contributed by atoms with E-state index in [9.17, 15) is 13.2 Å². The molecular weight excluding hydrogens is 437 g/mol. The third-order valence-electron chi connectivity index (χ3n) is 5.01. The number of pyridine rings is 1. The molecule has 0 spiro atoms. The van der Waals surface area contributed by atoms with Crippen molar-refractivity contribution >= 4 is 51.1 Å². The summed E-state index contributed by atoms with van der Waals surface area (Å²) in [5, 5.41) is 3.44. The molecule has 3 heterocycles. The molecule has 0 saturated heterocycles. The molecular formula is C19H16ClF3N6S. The Balaban J connectivity index is 1.83. The molecule has 0 bridgehead atoms. The summed E-state index contributed by atoms with van der Waals surface area (Å²) in [6.07, 6.45) is 2.71. The van der Waals surface area contributed by atoms with Crippen molar-refractivity contribution in [1.29, 1.82) is 0 Å². The lowest BCUT2D eigenvalue weighted by Crippen LogP contribution is -2.41. The van der Waals surface area contributed by atoms with Crippen LogP contribution in [0.25, 0.3) is 11.0 Å². The molecule has 4 rings (SSSR count). The lowest BCUT2D eigenvalue weighted by Gasteiger charge is -2.37. The van der Waals surface area contributed by atoms with Crippen LogP contribution in [0.5, 0.6) is 0 Å². The largest absolute Gasteiger partial charge is 0.379 e. The number of aromatic nitrogens is 3. The highest BCUT2D eigenvalue weighted by atomic mass is 35.5. The molecule has 156 valence electrons. The van der Waals surface area contributed by atoms with Gasteiger partial charge in [0.05, 0.1) is 10.5 Å². The van der Waals surface area contributed by atoms with Crippen LogP contribution < -0.4 is 11.1 Å². The first kappa shape index (κ1) is 20.7. The summed E-state index contributed by atoms with van der Waals surface area (Å²) < 4.78 is 43.5. The summed E-state index contributed by atoms with van der Waals surface area (Å²) in [4.78, 5) is 16.6. The number of halogens is 4. The maximum absolute atomic E-state index is 14.8. The van der Waals surface area contributed by atoms with Gasteiger partial charge in [0.15, 0.2) is 22.6 Å². The Morgan fingerprint density at radius 3 is 2.83 bits per heavy atom. The van der Waals surface area contributed by atoms with Crippen LogP contribution in [0.2, 0.25) is 5.02 Å². The van der Waals surface area contributed by atoms with Gasteiger partial charge in [-0.25, -0.2) is 33.1 Å². The second-order valence-corrected chi connectivity index (χ2v) is 8.38. The minimum Gasteiger partial charge on any atom is -0.379 e. The normalized spacial score (nSPS) is 21.5. The number of fused-ring (bicyclic) bond motifs is 1. The molecule has 0 aliphatic carbocycles. The van der Waals surface area contributed by atoms with Gasteiger partial charge in [-0.05, 0) is 18.1 Å². The maximum atomic E-state index is 14.8. The van der Waals surface area contributed by atoms with Crippen LogP contribution in [-0.4, -0.2) is 32.5 Å². The van der Waals surface area contributed by atoms with Gasteiger partial charge in [0, 0.05) is 29.3 Å². The molecule has 3 aromatic rings. The van der Waals surface area contributed by atoms with E-state index in [-0.39, 0.29) is 22.2 Å². The van der Waals surface area contributed by atoms with E-state index in [2.05, 4.69) is 25.3 Å². The summed E-state index contributed by atoms with van der Waals surface area (Å²) >= 11 is 7.19. The van der Waals surface area contributed by atoms with Gasteiger partial charge >= 0.3 is 0 Å². The number of aliphatic imine (C=N–C) groups is 1. The Labute approximate surface area is 179 Å². The standard InChI is InChI=1S/C19H16ClF3N6S/c1-9-6-30-18(24)29-19(9,7-21)12-3-11(4-13(22)15(12)23)28-17-16-14(26-8-27-17)2-10(20)5-25-16/h2-5,8-9H,6-7H2,1H3,(H2,24,29)(H,26,27,28)/t9-,19-/m0/s1. The average Bonchev–Trinajstić information content (AvgIpc) is 2.72. The Morgan fingerprint density at radius 1 is 1.27 bits per heavy atom. The minimum atomic E-state index is -1.61. The van der Waals surface area contributed by atoms with Crippen LogP contribution >= 0.6 is 23.4 Å². The van der Waals surface area contributed by atoms with Crippen LogP contribution in [0.3, 0.4) is 0 Å². The lowest BCUT2D eigenvalue weighted by atomic mass is 9.80. The molecule has 1 aliphatic rings. The fourth-order valence-electron chi connectivity index (χ4n) is 3.37. The van der Waals surface area contributed by atoms with Crippen molar-refractivity contribution in [2.45, 2.75) is 12.5 Å². The van der Waals surface area contributed by atoms with Gasteiger partial charge < -0.3 is 11.1 Å². The Hall–Kier alpha value is -2.59. The van der Waals surface area contributed by atoms with Gasteiger partial charge in [-0.2, -0.15) is 0 Å². The molecule has 0 fully saturated rings. The molecule has 0 unspecified atom stereocenters. The zero-order valence-electron chi connectivity index (χ0n) is 15.7. The Bertz CT molecular complexity index is 1160. The van der Waals surface area contributed by atoms with Crippen LogP contribution in [0, 0.1) is 17.6 Å². The third kappa shape index (κ3) is 3.54. The van der Waals surface area contributed by atoms with E-state index in [1.54, 1.807) is 13.0 Å². The van der Waals surface area contributed by atoms with Gasteiger partial charge in [-0.15, -0.1) is 0 Å². The number of amidine groups is 1. The number of rotatable bonds is 4. The van der Waals surface area contributed by atoms with Gasteiger partial charge in [-0.3, -0.25) is 0 Å². The van der Waals surface area contributed by atoms with Crippen molar-refractivity contribution in [3.63, 3.8) is 0 Å². The number of alkyl halides is 1. The number of nitrogens with zero attached hydrogens (tertiary/aromatic N) is 4. The zero-order chi connectivity index (χ0) is 21.5. The number of hydrogen-bond acceptors (Lipinski definition) is 7. The second-order valence-electron chi connectivity index (χ2n) is 6.91. The topological polar surface area (TPSA) is 89.1 Å². The van der Waals surface area contributed by atoms with E-state index in [1.807, 2.05) is 0 Å². The first-order valence-corrected chi connectivity index (χ1v) is 10.3. The molecule has 6 nitrogen and oxygen atoms in total. The quantitative estimate of drug-likeness (QED) is 0.603. The van der Waals surface area contributed by atoms with Gasteiger partial charge in [0.25, 0.3) is 0 Å². The van der Waals surface area contributed by atoms with Gasteiger partial charge in [-0.1, -0.05) is 30.3 Å². The van der Waals surface area contributed by atoms with Crippen LogP contribution in [0.4, 0.5) is 24.7 Å². The Kier molecular flexibility index (Phi) is 5.46. The van der Waals surface area contributed by atoms with Gasteiger partial charge in [0.1, 0.15) is 24.1 Å². The maximum Gasteiger partial charge on any atom is 0.164 e. The second kappa shape index (κ2) is 7.92. The van der Waals surface area contributed by atoms with Crippen LogP contribution in [0.15, 0.2) is 35.7 Å². The molecule has 30 heavy (non-hydrogen) atoms. The highest BCUT2D eigenvalue weighted by Crippen LogP contribution is 2.43. The average molecular weight is 453 g/mol. The van der Waals surface area contributed by atoms with Crippen molar-refractivity contribution < 1.29 is 13.2 Å². The number of thioether (sulfide) groups is 1. The number of nitrogens with two attached hydrogens (primary N) is 1. The monoisotopic (exact) mass is 452 g/mol. The van der Waals surface area contributed by atoms with E-state index in [0.717, 1.165) is 6.07 Å². The lowest BCUT2D eigenvalue weighted by molar-refractivity contribution is 0.233. The molecule has 0 amide bonds. The van der Waals surface area contributed by atoms with Crippen molar-refractivity contribution in [3.8, 4) is 0 Å². The third-order valence-corrected chi connectivity index (χ3v) is 6.27. The molecule has 2 aromatic heterocycles. The first-order chi connectivity index (χ1) is 14.3.